The average Bonchev–Trinajstić information content (AvgIpc) is 3.28. The average molecular weight is 412 g/mol. The lowest BCUT2D eigenvalue weighted by Gasteiger charge is -2.37. The first-order valence-corrected chi connectivity index (χ1v) is 10.2. The molecule has 1 amide bonds. The number of hydrogen-bond acceptors (Lipinski definition) is 5. The van der Waals surface area contributed by atoms with Gasteiger partial charge in [-0.25, -0.2) is 4.98 Å². The van der Waals surface area contributed by atoms with E-state index >= 15 is 0 Å². The molecule has 0 N–H and O–H groups in total. The Balaban J connectivity index is 1.43. The van der Waals surface area contributed by atoms with Gasteiger partial charge in [0.05, 0.1) is 30.3 Å². The van der Waals surface area contributed by atoms with Crippen LogP contribution in [-0.4, -0.2) is 48.2 Å². The minimum atomic E-state index is -0.547. The van der Waals surface area contributed by atoms with E-state index in [9.17, 15) is 10.1 Å². The second kappa shape index (κ2) is 8.40. The Morgan fingerprint density at radius 3 is 2.69 bits per heavy atom. The number of carbonyl (C=O) groups is 1. The molecule has 1 aromatic carbocycles. The molecule has 1 aromatic heterocycles. The second-order valence-electron chi connectivity index (χ2n) is 7.47. The quantitative estimate of drug-likeness (QED) is 0.768. The molecule has 2 aliphatic heterocycles. The number of carbonyl (C=O) groups excluding carboxylic acids is 1. The highest BCUT2D eigenvalue weighted by Gasteiger charge is 2.38. The van der Waals surface area contributed by atoms with E-state index < -0.39 is 5.41 Å². The summed E-state index contributed by atoms with van der Waals surface area (Å²) in [5, 5.41) is 10.1. The molecule has 7 heteroatoms. The minimum absolute atomic E-state index is 0.0549. The maximum absolute atomic E-state index is 12.9. The summed E-state index contributed by atoms with van der Waals surface area (Å²) in [5.41, 5.74) is 0.889. The first kappa shape index (κ1) is 19.7. The first-order chi connectivity index (χ1) is 14.1. The van der Waals surface area contributed by atoms with Gasteiger partial charge < -0.3 is 14.4 Å². The molecular weight excluding hydrogens is 390 g/mol. The van der Waals surface area contributed by atoms with Crippen molar-refractivity contribution in [2.45, 2.75) is 30.8 Å². The maximum atomic E-state index is 12.9. The molecule has 0 aliphatic carbocycles. The van der Waals surface area contributed by atoms with Gasteiger partial charge in [0.2, 0.25) is 5.88 Å². The Morgan fingerprint density at radius 2 is 2.07 bits per heavy atom. The third-order valence-electron chi connectivity index (χ3n) is 5.67. The van der Waals surface area contributed by atoms with Gasteiger partial charge in [-0.3, -0.25) is 4.79 Å². The lowest BCUT2D eigenvalue weighted by Crippen LogP contribution is -2.44. The van der Waals surface area contributed by atoms with E-state index in [2.05, 4.69) is 11.1 Å². The third-order valence-corrected chi connectivity index (χ3v) is 5.94. The molecule has 0 saturated carbocycles. The van der Waals surface area contributed by atoms with Crippen molar-refractivity contribution in [1.29, 1.82) is 5.26 Å². The number of ether oxygens (including phenoxy) is 2. The van der Waals surface area contributed by atoms with E-state index in [0.29, 0.717) is 55.6 Å². The summed E-state index contributed by atoms with van der Waals surface area (Å²) in [6, 6.07) is 13.9. The highest BCUT2D eigenvalue weighted by Crippen LogP contribution is 2.35. The van der Waals surface area contributed by atoms with Gasteiger partial charge in [0.1, 0.15) is 11.1 Å². The third kappa shape index (κ3) is 4.07. The van der Waals surface area contributed by atoms with Gasteiger partial charge in [-0.15, -0.1) is 0 Å². The number of amides is 1. The Morgan fingerprint density at radius 1 is 1.31 bits per heavy atom. The summed E-state index contributed by atoms with van der Waals surface area (Å²) < 4.78 is 11.0. The molecule has 1 unspecified atom stereocenters. The number of nitriles is 1. The van der Waals surface area contributed by atoms with E-state index in [4.69, 9.17) is 21.1 Å². The van der Waals surface area contributed by atoms with Crippen molar-refractivity contribution in [3.05, 3.63) is 58.7 Å². The Kier molecular flexibility index (Phi) is 5.70. The number of piperidine rings is 1. The predicted molar refractivity (Wildman–Crippen MR) is 108 cm³/mol. The highest BCUT2D eigenvalue weighted by molar-refractivity contribution is 6.32. The van der Waals surface area contributed by atoms with Crippen molar-refractivity contribution >= 4 is 17.5 Å². The van der Waals surface area contributed by atoms with Crippen LogP contribution in [-0.2, 0) is 10.2 Å². The molecule has 4 rings (SSSR count). The van der Waals surface area contributed by atoms with Gasteiger partial charge >= 0.3 is 0 Å². The number of likely N-dealkylation sites (tertiary alicyclic amines) is 1. The maximum Gasteiger partial charge on any atom is 0.255 e. The molecule has 2 aromatic rings. The molecule has 150 valence electrons. The summed E-state index contributed by atoms with van der Waals surface area (Å²) in [6.45, 7) is 2.21. The standard InChI is InChI=1S/C22H22ClN3O3/c23-19-12-16(13-25-20(19)29-18-6-11-28-14-18)21(27)26-9-7-22(15-24,8-10-26)17-4-2-1-3-5-17/h1-5,12-13,18H,6-11,14H2. The zero-order chi connectivity index (χ0) is 20.3. The summed E-state index contributed by atoms with van der Waals surface area (Å²) in [6.07, 6.45) is 3.45. The molecule has 0 radical (unpaired) electrons. The molecule has 3 heterocycles. The Labute approximate surface area is 175 Å². The van der Waals surface area contributed by atoms with Crippen molar-refractivity contribution in [2.75, 3.05) is 26.3 Å². The van der Waals surface area contributed by atoms with Gasteiger partial charge in [-0.2, -0.15) is 5.26 Å². The summed E-state index contributed by atoms with van der Waals surface area (Å²) in [7, 11) is 0. The van der Waals surface area contributed by atoms with E-state index in [1.807, 2.05) is 30.3 Å². The van der Waals surface area contributed by atoms with Crippen molar-refractivity contribution in [1.82, 2.24) is 9.88 Å². The van der Waals surface area contributed by atoms with Crippen LogP contribution < -0.4 is 4.74 Å². The zero-order valence-electron chi connectivity index (χ0n) is 16.0. The van der Waals surface area contributed by atoms with Gasteiger partial charge in [0.25, 0.3) is 5.91 Å². The van der Waals surface area contributed by atoms with E-state index in [0.717, 1.165) is 12.0 Å². The van der Waals surface area contributed by atoms with Crippen LogP contribution in [0.1, 0.15) is 35.2 Å². The van der Waals surface area contributed by atoms with Crippen LogP contribution in [0.4, 0.5) is 0 Å². The molecule has 2 fully saturated rings. The van der Waals surface area contributed by atoms with Gasteiger partial charge in [-0.1, -0.05) is 41.9 Å². The lowest BCUT2D eigenvalue weighted by atomic mass is 9.74. The van der Waals surface area contributed by atoms with Crippen LogP contribution in [0.25, 0.3) is 0 Å². The molecule has 6 nitrogen and oxygen atoms in total. The van der Waals surface area contributed by atoms with Gasteiger partial charge in [-0.05, 0) is 24.5 Å². The van der Waals surface area contributed by atoms with Crippen molar-refractivity contribution in [3.8, 4) is 11.9 Å². The number of rotatable bonds is 4. The van der Waals surface area contributed by atoms with Crippen LogP contribution >= 0.6 is 11.6 Å². The summed E-state index contributed by atoms with van der Waals surface area (Å²) >= 11 is 6.30. The fourth-order valence-corrected chi connectivity index (χ4v) is 4.10. The highest BCUT2D eigenvalue weighted by atomic mass is 35.5. The van der Waals surface area contributed by atoms with Crippen LogP contribution in [0.3, 0.4) is 0 Å². The topological polar surface area (TPSA) is 75.5 Å². The lowest BCUT2D eigenvalue weighted by molar-refractivity contribution is 0.0691. The van der Waals surface area contributed by atoms with Crippen LogP contribution in [0.2, 0.25) is 5.02 Å². The smallest absolute Gasteiger partial charge is 0.255 e. The fourth-order valence-electron chi connectivity index (χ4n) is 3.89. The van der Waals surface area contributed by atoms with E-state index in [1.165, 1.54) is 6.20 Å². The van der Waals surface area contributed by atoms with Gasteiger partial charge in [0, 0.05) is 25.7 Å². The normalized spacial score (nSPS) is 20.8. The molecule has 0 spiro atoms. The minimum Gasteiger partial charge on any atom is -0.471 e. The zero-order valence-corrected chi connectivity index (χ0v) is 16.8. The monoisotopic (exact) mass is 411 g/mol. The van der Waals surface area contributed by atoms with Crippen LogP contribution in [0.5, 0.6) is 5.88 Å². The van der Waals surface area contributed by atoms with Crippen molar-refractivity contribution < 1.29 is 14.3 Å². The first-order valence-electron chi connectivity index (χ1n) is 9.77. The van der Waals surface area contributed by atoms with E-state index in [-0.39, 0.29) is 12.0 Å². The van der Waals surface area contributed by atoms with Crippen molar-refractivity contribution in [3.63, 3.8) is 0 Å². The molecule has 2 aliphatic rings. The predicted octanol–water partition coefficient (Wildman–Crippen LogP) is 3.60. The molecule has 1 atom stereocenters. The molecule has 29 heavy (non-hydrogen) atoms. The number of benzene rings is 1. The Bertz CT molecular complexity index is 915. The number of halogens is 1. The number of pyridine rings is 1. The largest absolute Gasteiger partial charge is 0.471 e. The molecule has 0 bridgehead atoms. The molecule has 2 saturated heterocycles. The fraction of sp³-hybridized carbons (Fsp3) is 0.409. The second-order valence-corrected chi connectivity index (χ2v) is 7.87. The number of hydrogen-bond donors (Lipinski definition) is 0. The Hall–Kier alpha value is -2.62. The number of aromatic nitrogens is 1. The summed E-state index contributed by atoms with van der Waals surface area (Å²) in [5.74, 6) is 0.194. The number of nitrogens with zero attached hydrogens (tertiary/aromatic N) is 3. The van der Waals surface area contributed by atoms with Crippen molar-refractivity contribution in [2.24, 2.45) is 0 Å². The van der Waals surface area contributed by atoms with Gasteiger partial charge in [0.15, 0.2) is 0 Å². The SMILES string of the molecule is N#CC1(c2ccccc2)CCN(C(=O)c2cnc(OC3CCOC3)c(Cl)c2)CC1. The van der Waals surface area contributed by atoms with E-state index in [1.54, 1.807) is 11.0 Å². The van der Waals surface area contributed by atoms with Crippen LogP contribution in [0.15, 0.2) is 42.6 Å². The molecular formula is C22H22ClN3O3. The summed E-state index contributed by atoms with van der Waals surface area (Å²) in [4.78, 5) is 18.9. The van der Waals surface area contributed by atoms with Crippen LogP contribution in [0, 0.1) is 11.3 Å².